The monoisotopic (exact) mass is 347 g/mol. The quantitative estimate of drug-likeness (QED) is 0.889. The van der Waals surface area contributed by atoms with Gasteiger partial charge >= 0.3 is 5.63 Å². The van der Waals surface area contributed by atoms with Gasteiger partial charge in [0.25, 0.3) is 5.91 Å². The van der Waals surface area contributed by atoms with Gasteiger partial charge in [0.1, 0.15) is 11.3 Å². The SMILES string of the molecule is Cc1cc(CCC(C)C)oc(=O)c1C(=O)N1[C@@H]2CC[C@H]1CC(CO)C2. The number of aliphatic hydroxyl groups excluding tert-OH is 1. The van der Waals surface area contributed by atoms with Gasteiger partial charge in [-0.05, 0) is 62.5 Å². The molecule has 1 aromatic heterocycles. The molecule has 3 heterocycles. The van der Waals surface area contributed by atoms with E-state index in [1.165, 1.54) is 0 Å². The summed E-state index contributed by atoms with van der Waals surface area (Å²) in [5.74, 6) is 1.29. The van der Waals surface area contributed by atoms with Gasteiger partial charge in [0.2, 0.25) is 0 Å². The highest BCUT2D eigenvalue weighted by Crippen LogP contribution is 2.39. The average molecular weight is 347 g/mol. The van der Waals surface area contributed by atoms with Crippen molar-refractivity contribution in [2.24, 2.45) is 11.8 Å². The van der Waals surface area contributed by atoms with E-state index in [0.717, 1.165) is 38.5 Å². The van der Waals surface area contributed by atoms with Crippen LogP contribution >= 0.6 is 0 Å². The van der Waals surface area contributed by atoms with Crippen LogP contribution in [0.3, 0.4) is 0 Å². The summed E-state index contributed by atoms with van der Waals surface area (Å²) in [5.41, 5.74) is 0.392. The molecule has 2 aliphatic rings. The largest absolute Gasteiger partial charge is 0.427 e. The summed E-state index contributed by atoms with van der Waals surface area (Å²) in [6, 6.07) is 2.13. The minimum Gasteiger partial charge on any atom is -0.427 e. The molecular formula is C20H29NO4. The fourth-order valence-corrected chi connectivity index (χ4v) is 4.38. The number of fused-ring (bicyclic) bond motifs is 2. The van der Waals surface area contributed by atoms with Crippen molar-refractivity contribution in [3.8, 4) is 0 Å². The normalized spacial score (nSPS) is 25.6. The standard InChI is InChI=1S/C20H29NO4/c1-12(2)4-7-17-8-13(3)18(20(24)25-17)19(23)21-15-5-6-16(21)10-14(9-15)11-22/h8,12,14-16,22H,4-7,9-11H2,1-3H3/t14?,15-,16+. The summed E-state index contributed by atoms with van der Waals surface area (Å²) in [5, 5.41) is 9.44. The van der Waals surface area contributed by atoms with Crippen molar-refractivity contribution in [1.29, 1.82) is 0 Å². The first-order chi connectivity index (χ1) is 11.9. The Hall–Kier alpha value is -1.62. The molecule has 1 aromatic rings. The predicted octanol–water partition coefficient (Wildman–Crippen LogP) is 2.91. The summed E-state index contributed by atoms with van der Waals surface area (Å²) in [6.45, 7) is 6.27. The Morgan fingerprint density at radius 2 is 1.96 bits per heavy atom. The third-order valence-electron chi connectivity index (χ3n) is 5.71. The number of nitrogens with zero attached hydrogens (tertiary/aromatic N) is 1. The number of carbonyl (C=O) groups excluding carboxylic acids is 1. The molecule has 2 aliphatic heterocycles. The van der Waals surface area contributed by atoms with Crippen LogP contribution in [0.25, 0.3) is 0 Å². The lowest BCUT2D eigenvalue weighted by Gasteiger charge is -2.38. The zero-order chi connectivity index (χ0) is 18.1. The zero-order valence-corrected chi connectivity index (χ0v) is 15.5. The molecule has 1 N–H and O–H groups in total. The maximum atomic E-state index is 13.1. The number of aliphatic hydroxyl groups is 1. The van der Waals surface area contributed by atoms with Crippen LogP contribution in [0.15, 0.2) is 15.3 Å². The minimum atomic E-state index is -0.507. The molecule has 138 valence electrons. The number of piperidine rings is 1. The summed E-state index contributed by atoms with van der Waals surface area (Å²) in [4.78, 5) is 27.5. The molecule has 2 saturated heterocycles. The Morgan fingerprint density at radius 1 is 1.32 bits per heavy atom. The lowest BCUT2D eigenvalue weighted by Crippen LogP contribution is -2.48. The van der Waals surface area contributed by atoms with E-state index < -0.39 is 5.63 Å². The van der Waals surface area contributed by atoms with Gasteiger partial charge in [-0.3, -0.25) is 4.79 Å². The molecule has 1 unspecified atom stereocenters. The average Bonchev–Trinajstić information content (AvgIpc) is 2.82. The van der Waals surface area contributed by atoms with Crippen LogP contribution in [-0.2, 0) is 6.42 Å². The van der Waals surface area contributed by atoms with Crippen LogP contribution in [0.5, 0.6) is 0 Å². The van der Waals surface area contributed by atoms with Gasteiger partial charge in [-0.25, -0.2) is 4.79 Å². The number of aryl methyl sites for hydroxylation is 2. The smallest absolute Gasteiger partial charge is 0.349 e. The van der Waals surface area contributed by atoms with Gasteiger partial charge in [0.15, 0.2) is 0 Å². The van der Waals surface area contributed by atoms with Crippen LogP contribution in [0.2, 0.25) is 0 Å². The molecule has 0 saturated carbocycles. The Bertz CT molecular complexity index is 679. The Kier molecular flexibility index (Phi) is 5.32. The van der Waals surface area contributed by atoms with Crippen molar-refractivity contribution < 1.29 is 14.3 Å². The lowest BCUT2D eigenvalue weighted by molar-refractivity contribution is 0.0448. The van der Waals surface area contributed by atoms with Gasteiger partial charge in [-0.15, -0.1) is 0 Å². The first-order valence-corrected chi connectivity index (χ1v) is 9.47. The van der Waals surface area contributed by atoms with E-state index in [2.05, 4.69) is 13.8 Å². The lowest BCUT2D eigenvalue weighted by atomic mass is 9.90. The third kappa shape index (κ3) is 3.66. The number of amides is 1. The second kappa shape index (κ2) is 7.32. The first kappa shape index (κ1) is 18.2. The van der Waals surface area contributed by atoms with E-state index in [-0.39, 0.29) is 36.1 Å². The first-order valence-electron chi connectivity index (χ1n) is 9.47. The van der Waals surface area contributed by atoms with Gasteiger partial charge < -0.3 is 14.4 Å². The van der Waals surface area contributed by atoms with Gasteiger partial charge in [0, 0.05) is 25.1 Å². The van der Waals surface area contributed by atoms with Crippen molar-refractivity contribution in [2.45, 2.75) is 71.4 Å². The minimum absolute atomic E-state index is 0.141. The highest BCUT2D eigenvalue weighted by Gasteiger charge is 2.44. The number of hydrogen-bond acceptors (Lipinski definition) is 4. The van der Waals surface area contributed by atoms with E-state index in [1.807, 2.05) is 17.9 Å². The molecule has 3 atom stereocenters. The van der Waals surface area contributed by atoms with Gasteiger partial charge in [-0.2, -0.15) is 0 Å². The topological polar surface area (TPSA) is 70.8 Å². The molecular weight excluding hydrogens is 318 g/mol. The Balaban J connectivity index is 1.82. The van der Waals surface area contributed by atoms with Crippen LogP contribution in [0.1, 0.15) is 67.6 Å². The van der Waals surface area contributed by atoms with Gasteiger partial charge in [0.05, 0.1) is 0 Å². The van der Waals surface area contributed by atoms with Crippen LogP contribution in [0, 0.1) is 18.8 Å². The molecule has 2 bridgehead atoms. The van der Waals surface area contributed by atoms with E-state index >= 15 is 0 Å². The molecule has 0 radical (unpaired) electrons. The van der Waals surface area contributed by atoms with Crippen molar-refractivity contribution in [3.05, 3.63) is 33.4 Å². The number of carbonyl (C=O) groups is 1. The summed E-state index contributed by atoms with van der Waals surface area (Å²) in [7, 11) is 0. The highest BCUT2D eigenvalue weighted by molar-refractivity contribution is 5.95. The molecule has 0 aromatic carbocycles. The number of hydrogen-bond donors (Lipinski definition) is 1. The molecule has 25 heavy (non-hydrogen) atoms. The van der Waals surface area contributed by atoms with E-state index in [4.69, 9.17) is 4.42 Å². The summed E-state index contributed by atoms with van der Waals surface area (Å²) >= 11 is 0. The molecule has 2 fully saturated rings. The molecule has 0 aliphatic carbocycles. The molecule has 0 spiro atoms. The summed E-state index contributed by atoms with van der Waals surface area (Å²) in [6.07, 6.45) is 5.25. The van der Waals surface area contributed by atoms with Crippen molar-refractivity contribution in [1.82, 2.24) is 4.90 Å². The summed E-state index contributed by atoms with van der Waals surface area (Å²) < 4.78 is 5.44. The zero-order valence-electron chi connectivity index (χ0n) is 15.5. The third-order valence-corrected chi connectivity index (χ3v) is 5.71. The van der Waals surface area contributed by atoms with E-state index in [9.17, 15) is 14.7 Å². The van der Waals surface area contributed by atoms with Crippen molar-refractivity contribution in [2.75, 3.05) is 6.61 Å². The fraction of sp³-hybridized carbons (Fsp3) is 0.700. The van der Waals surface area contributed by atoms with E-state index in [1.54, 1.807) is 0 Å². The van der Waals surface area contributed by atoms with Crippen LogP contribution in [0.4, 0.5) is 0 Å². The molecule has 3 rings (SSSR count). The highest BCUT2D eigenvalue weighted by atomic mass is 16.4. The van der Waals surface area contributed by atoms with Crippen LogP contribution in [-0.4, -0.2) is 34.6 Å². The van der Waals surface area contributed by atoms with Crippen molar-refractivity contribution in [3.63, 3.8) is 0 Å². The Morgan fingerprint density at radius 3 is 2.48 bits per heavy atom. The molecule has 5 heteroatoms. The molecule has 1 amide bonds. The Labute approximate surface area is 149 Å². The maximum Gasteiger partial charge on any atom is 0.349 e. The van der Waals surface area contributed by atoms with Gasteiger partial charge in [-0.1, -0.05) is 13.8 Å². The van der Waals surface area contributed by atoms with Crippen LogP contribution < -0.4 is 5.63 Å². The van der Waals surface area contributed by atoms with Crippen molar-refractivity contribution >= 4 is 5.91 Å². The maximum absolute atomic E-state index is 13.1. The second-order valence-electron chi connectivity index (χ2n) is 8.11. The second-order valence-corrected chi connectivity index (χ2v) is 8.11. The predicted molar refractivity (Wildman–Crippen MR) is 95.7 cm³/mol. The number of rotatable bonds is 5. The molecule has 5 nitrogen and oxygen atoms in total. The van der Waals surface area contributed by atoms with E-state index in [0.29, 0.717) is 17.2 Å². The fourth-order valence-electron chi connectivity index (χ4n) is 4.38.